The molecule has 0 spiro atoms. The first-order valence-corrected chi connectivity index (χ1v) is 13.4. The number of anilines is 1. The lowest BCUT2D eigenvalue weighted by atomic mass is 9.63. The van der Waals surface area contributed by atoms with Crippen molar-refractivity contribution in [3.63, 3.8) is 0 Å². The molecule has 2 N–H and O–H groups in total. The molecule has 4 aliphatic carbocycles. The molecule has 8 rings (SSSR count). The number of likely N-dealkylation sites (tertiary alicyclic amines) is 1. The van der Waals surface area contributed by atoms with Gasteiger partial charge in [0.2, 0.25) is 11.8 Å². The van der Waals surface area contributed by atoms with Crippen LogP contribution in [-0.2, 0) is 16.0 Å². The van der Waals surface area contributed by atoms with Crippen LogP contribution < -0.4 is 10.6 Å². The summed E-state index contributed by atoms with van der Waals surface area (Å²) in [4.78, 5) is 54.8. The molecule has 2 bridgehead atoms. The number of carbonyl (C=O) groups excluding carboxylic acids is 4. The first-order valence-electron chi connectivity index (χ1n) is 13.4. The Labute approximate surface area is 225 Å². The summed E-state index contributed by atoms with van der Waals surface area (Å²) in [7, 11) is 0. The van der Waals surface area contributed by atoms with E-state index >= 15 is 0 Å². The maximum absolute atomic E-state index is 13.6. The van der Waals surface area contributed by atoms with E-state index < -0.39 is 12.2 Å². The maximum Gasteiger partial charge on any atom is 0.320 e. The van der Waals surface area contributed by atoms with Gasteiger partial charge in [-0.25, -0.2) is 4.79 Å². The van der Waals surface area contributed by atoms with E-state index in [9.17, 15) is 19.2 Å². The number of nitrogens with zero attached hydrogens (tertiary/aromatic N) is 1. The summed E-state index contributed by atoms with van der Waals surface area (Å²) >= 11 is 0. The molecule has 7 heteroatoms. The Bertz CT molecular complexity index is 1530. The van der Waals surface area contributed by atoms with Crippen molar-refractivity contribution in [3.05, 3.63) is 102 Å². The summed E-state index contributed by atoms with van der Waals surface area (Å²) in [5.41, 5.74) is 4.26. The van der Waals surface area contributed by atoms with E-state index in [0.29, 0.717) is 23.2 Å². The SMILES string of the molecule is O=C(Nc1ccc2c(c1)C(=O)c1ccccc1-2)N[C@@H](Cc1ccccc1)N1C(=O)[C@@H]2[C@H](C1=O)[C@H]1C=C[C@H]2CC1. The highest BCUT2D eigenvalue weighted by molar-refractivity contribution is 6.22. The van der Waals surface area contributed by atoms with Crippen LogP contribution in [0, 0.1) is 23.7 Å². The molecule has 5 aliphatic rings. The molecule has 4 amide bonds. The number of benzene rings is 3. The van der Waals surface area contributed by atoms with Gasteiger partial charge in [0.1, 0.15) is 6.17 Å². The van der Waals surface area contributed by atoms with Crippen molar-refractivity contribution in [3.8, 4) is 11.1 Å². The molecule has 5 atom stereocenters. The van der Waals surface area contributed by atoms with Gasteiger partial charge in [-0.05, 0) is 53.5 Å². The highest BCUT2D eigenvalue weighted by Crippen LogP contribution is 2.50. The van der Waals surface area contributed by atoms with Gasteiger partial charge in [-0.15, -0.1) is 0 Å². The van der Waals surface area contributed by atoms with Gasteiger partial charge in [0, 0.05) is 23.2 Å². The number of fused-ring (bicyclic) bond motifs is 4. The third-order valence-corrected chi connectivity index (χ3v) is 8.66. The van der Waals surface area contributed by atoms with Crippen molar-refractivity contribution < 1.29 is 19.2 Å². The molecule has 3 aromatic rings. The molecule has 1 heterocycles. The van der Waals surface area contributed by atoms with Crippen LogP contribution in [0.3, 0.4) is 0 Å². The quantitative estimate of drug-likeness (QED) is 0.294. The van der Waals surface area contributed by atoms with Crippen molar-refractivity contribution in [1.82, 2.24) is 10.2 Å². The molecular formula is C32H27N3O4. The molecule has 0 radical (unpaired) electrons. The van der Waals surface area contributed by atoms with E-state index in [2.05, 4.69) is 22.8 Å². The summed E-state index contributed by atoms with van der Waals surface area (Å²) in [5.74, 6) is -1.05. The summed E-state index contributed by atoms with van der Waals surface area (Å²) < 4.78 is 0. The van der Waals surface area contributed by atoms with Crippen molar-refractivity contribution in [2.75, 3.05) is 5.32 Å². The van der Waals surface area contributed by atoms with Crippen LogP contribution in [0.2, 0.25) is 0 Å². The molecule has 39 heavy (non-hydrogen) atoms. The van der Waals surface area contributed by atoms with Crippen LogP contribution >= 0.6 is 0 Å². The number of allylic oxidation sites excluding steroid dienone is 2. The van der Waals surface area contributed by atoms with Crippen LogP contribution in [0.5, 0.6) is 0 Å². The molecule has 1 saturated carbocycles. The number of hydrogen-bond donors (Lipinski definition) is 2. The van der Waals surface area contributed by atoms with E-state index in [0.717, 1.165) is 29.5 Å². The predicted molar refractivity (Wildman–Crippen MR) is 146 cm³/mol. The van der Waals surface area contributed by atoms with Gasteiger partial charge in [0.15, 0.2) is 5.78 Å². The standard InChI is InChI=1S/C32H27N3O4/c36-29-24-9-5-4-8-22(24)23-15-14-21(17-25(23)29)33-32(39)34-26(16-18-6-2-1-3-7-18)35-30(37)27-19-10-11-20(13-12-19)28(27)31(35)38/h1-11,14-15,17,19-20,26-28H,12-13,16H2,(H2,33,34,39)/t19-,20-,26+,27-,28+/m0/s1. The first-order chi connectivity index (χ1) is 19.0. The minimum Gasteiger partial charge on any atom is -0.317 e. The van der Waals surface area contributed by atoms with Crippen molar-refractivity contribution in [2.24, 2.45) is 23.7 Å². The van der Waals surface area contributed by atoms with E-state index in [1.807, 2.05) is 54.6 Å². The number of rotatable bonds is 5. The van der Waals surface area contributed by atoms with Gasteiger partial charge in [0.05, 0.1) is 11.8 Å². The Morgan fingerprint density at radius 1 is 0.769 bits per heavy atom. The van der Waals surface area contributed by atoms with Gasteiger partial charge in [-0.3, -0.25) is 19.3 Å². The molecule has 1 saturated heterocycles. The summed E-state index contributed by atoms with van der Waals surface area (Å²) in [6.07, 6.45) is 5.46. The third-order valence-electron chi connectivity index (χ3n) is 8.66. The Morgan fingerprint density at radius 2 is 1.38 bits per heavy atom. The lowest BCUT2D eigenvalue weighted by molar-refractivity contribution is -0.143. The highest BCUT2D eigenvalue weighted by Gasteiger charge is 2.58. The molecule has 1 aliphatic heterocycles. The highest BCUT2D eigenvalue weighted by atomic mass is 16.2. The van der Waals surface area contributed by atoms with E-state index in [1.165, 1.54) is 4.90 Å². The molecule has 0 unspecified atom stereocenters. The van der Waals surface area contributed by atoms with Gasteiger partial charge in [0.25, 0.3) is 0 Å². The van der Waals surface area contributed by atoms with E-state index in [-0.39, 0.29) is 41.3 Å². The van der Waals surface area contributed by atoms with Crippen molar-refractivity contribution in [1.29, 1.82) is 0 Å². The Morgan fingerprint density at radius 3 is 2.05 bits per heavy atom. The Hall–Kier alpha value is -4.52. The number of ketones is 1. The second-order valence-corrected chi connectivity index (χ2v) is 10.8. The van der Waals surface area contributed by atoms with Crippen molar-refractivity contribution >= 4 is 29.3 Å². The van der Waals surface area contributed by atoms with Gasteiger partial charge in [-0.1, -0.05) is 72.8 Å². The topological polar surface area (TPSA) is 95.6 Å². The number of nitrogens with one attached hydrogen (secondary N) is 2. The average Bonchev–Trinajstić information content (AvgIpc) is 3.41. The van der Waals surface area contributed by atoms with Gasteiger partial charge >= 0.3 is 6.03 Å². The molecule has 194 valence electrons. The summed E-state index contributed by atoms with van der Waals surface area (Å²) in [5, 5.41) is 5.72. The fourth-order valence-electron chi connectivity index (χ4n) is 6.87. The lowest BCUT2D eigenvalue weighted by Crippen LogP contribution is -2.53. The molecule has 7 nitrogen and oxygen atoms in total. The normalized spacial score (nSPS) is 24.8. The average molecular weight is 518 g/mol. The smallest absolute Gasteiger partial charge is 0.317 e. The van der Waals surface area contributed by atoms with Crippen LogP contribution in [0.25, 0.3) is 11.1 Å². The third kappa shape index (κ3) is 3.80. The van der Waals surface area contributed by atoms with Crippen LogP contribution in [0.4, 0.5) is 10.5 Å². The summed E-state index contributed by atoms with van der Waals surface area (Å²) in [6, 6.07) is 21.7. The van der Waals surface area contributed by atoms with Gasteiger partial charge < -0.3 is 10.6 Å². The second kappa shape index (κ2) is 9.05. The first kappa shape index (κ1) is 23.6. The van der Waals surface area contributed by atoms with Crippen LogP contribution in [-0.4, -0.2) is 34.7 Å². The zero-order valence-electron chi connectivity index (χ0n) is 21.2. The van der Waals surface area contributed by atoms with Crippen LogP contribution in [0.15, 0.2) is 84.9 Å². The number of hydrogen-bond acceptors (Lipinski definition) is 4. The van der Waals surface area contributed by atoms with E-state index in [1.54, 1.807) is 18.2 Å². The minimum absolute atomic E-state index is 0.0701. The fraction of sp³-hybridized carbons (Fsp3) is 0.250. The number of urea groups is 1. The maximum atomic E-state index is 13.6. The zero-order valence-corrected chi connectivity index (χ0v) is 21.2. The molecule has 3 aromatic carbocycles. The summed E-state index contributed by atoms with van der Waals surface area (Å²) in [6.45, 7) is 0. The zero-order chi connectivity index (χ0) is 26.7. The number of imide groups is 1. The van der Waals surface area contributed by atoms with Crippen LogP contribution in [0.1, 0.15) is 34.3 Å². The monoisotopic (exact) mass is 517 g/mol. The molecular weight excluding hydrogens is 490 g/mol. The minimum atomic E-state index is -0.835. The van der Waals surface area contributed by atoms with Crippen molar-refractivity contribution in [2.45, 2.75) is 25.4 Å². The van der Waals surface area contributed by atoms with E-state index in [4.69, 9.17) is 0 Å². The predicted octanol–water partition coefficient (Wildman–Crippen LogP) is 4.79. The molecule has 0 aromatic heterocycles. The molecule has 2 fully saturated rings. The Balaban J connectivity index is 1.14. The number of amides is 4. The number of carbonyl (C=O) groups is 4. The second-order valence-electron chi connectivity index (χ2n) is 10.8. The van der Waals surface area contributed by atoms with Gasteiger partial charge in [-0.2, -0.15) is 0 Å². The Kier molecular flexibility index (Phi) is 5.47. The lowest BCUT2D eigenvalue weighted by Gasteiger charge is -2.38. The largest absolute Gasteiger partial charge is 0.320 e. The fourth-order valence-corrected chi connectivity index (χ4v) is 6.87.